The molecule has 108 valence electrons. The molecule has 0 amide bonds. The summed E-state index contributed by atoms with van der Waals surface area (Å²) >= 11 is 8.59. The number of H-pyrrole nitrogens is 1. The first kappa shape index (κ1) is 14.2. The number of rotatable bonds is 3. The summed E-state index contributed by atoms with van der Waals surface area (Å²) < 4.78 is 16.9. The Kier molecular flexibility index (Phi) is 3.97. The largest absolute Gasteiger partial charge is 0.331 e. The lowest BCUT2D eigenvalue weighted by molar-refractivity contribution is 0.237. The highest BCUT2D eigenvalue weighted by atomic mass is 79.9. The fourth-order valence-electron chi connectivity index (χ4n) is 2.90. The Bertz CT molecular complexity index is 688. The molecular weight excluding hydrogens is 341 g/mol. The maximum absolute atomic E-state index is 13.8. The molecule has 3 rings (SSSR count). The molecule has 6 heteroatoms. The van der Waals surface area contributed by atoms with Gasteiger partial charge in [0.15, 0.2) is 4.77 Å². The van der Waals surface area contributed by atoms with E-state index < -0.39 is 0 Å². The van der Waals surface area contributed by atoms with Gasteiger partial charge >= 0.3 is 0 Å². The van der Waals surface area contributed by atoms with Crippen molar-refractivity contribution in [2.75, 3.05) is 13.1 Å². The zero-order valence-corrected chi connectivity index (χ0v) is 13.7. The van der Waals surface area contributed by atoms with Crippen molar-refractivity contribution < 1.29 is 4.39 Å². The summed E-state index contributed by atoms with van der Waals surface area (Å²) in [4.78, 5) is 5.62. The maximum atomic E-state index is 13.8. The lowest BCUT2D eigenvalue weighted by atomic mass is 10.2. The van der Waals surface area contributed by atoms with Crippen molar-refractivity contribution in [2.45, 2.75) is 32.4 Å². The van der Waals surface area contributed by atoms with Crippen LogP contribution in [0.2, 0.25) is 0 Å². The molecule has 0 aliphatic carbocycles. The van der Waals surface area contributed by atoms with Crippen molar-refractivity contribution in [3.8, 4) is 0 Å². The van der Waals surface area contributed by atoms with Gasteiger partial charge in [0.05, 0.1) is 15.5 Å². The number of fused-ring (bicyclic) bond motifs is 1. The van der Waals surface area contributed by atoms with Gasteiger partial charge in [0.1, 0.15) is 5.82 Å². The van der Waals surface area contributed by atoms with Crippen LogP contribution in [0.3, 0.4) is 0 Å². The summed E-state index contributed by atoms with van der Waals surface area (Å²) in [6.45, 7) is 5.30. The minimum Gasteiger partial charge on any atom is -0.331 e. The number of aromatic nitrogens is 2. The first-order valence-electron chi connectivity index (χ1n) is 6.88. The molecule has 2 aromatic rings. The van der Waals surface area contributed by atoms with Crippen LogP contribution in [-0.4, -0.2) is 33.6 Å². The second-order valence-corrected chi connectivity index (χ2v) is 6.66. The van der Waals surface area contributed by atoms with Gasteiger partial charge in [-0.15, -0.1) is 0 Å². The molecule has 0 saturated carbocycles. The van der Waals surface area contributed by atoms with Crippen molar-refractivity contribution >= 4 is 39.2 Å². The quantitative estimate of drug-likeness (QED) is 0.836. The van der Waals surface area contributed by atoms with Crippen LogP contribution in [0.15, 0.2) is 16.6 Å². The minimum absolute atomic E-state index is 0.255. The molecular formula is C14H17BrFN3S. The van der Waals surface area contributed by atoms with E-state index in [4.69, 9.17) is 12.2 Å². The van der Waals surface area contributed by atoms with E-state index in [1.54, 1.807) is 12.1 Å². The first-order valence-corrected chi connectivity index (χ1v) is 8.08. The number of likely N-dealkylation sites (tertiary alicyclic amines) is 1. The van der Waals surface area contributed by atoms with Gasteiger partial charge in [-0.05, 0) is 67.1 Å². The molecule has 1 N–H and O–H groups in total. The molecule has 0 radical (unpaired) electrons. The van der Waals surface area contributed by atoms with Crippen LogP contribution in [0.25, 0.3) is 11.0 Å². The van der Waals surface area contributed by atoms with Crippen LogP contribution >= 0.6 is 28.1 Å². The SMILES string of the molecule is CC(Cn1c(=S)[nH]c2cc(Br)c(F)cc21)N1CCCC1. The number of aromatic amines is 1. The van der Waals surface area contributed by atoms with Gasteiger partial charge in [-0.25, -0.2) is 4.39 Å². The Labute approximate surface area is 130 Å². The number of hydrogen-bond acceptors (Lipinski definition) is 2. The summed E-state index contributed by atoms with van der Waals surface area (Å²) in [7, 11) is 0. The second kappa shape index (κ2) is 5.58. The van der Waals surface area contributed by atoms with Crippen molar-refractivity contribution in [2.24, 2.45) is 0 Å². The van der Waals surface area contributed by atoms with Gasteiger partial charge in [0, 0.05) is 18.7 Å². The van der Waals surface area contributed by atoms with E-state index in [0.29, 0.717) is 15.3 Å². The fourth-order valence-corrected chi connectivity index (χ4v) is 3.52. The van der Waals surface area contributed by atoms with E-state index in [2.05, 4.69) is 32.7 Å². The molecule has 2 heterocycles. The Morgan fingerprint density at radius 2 is 2.10 bits per heavy atom. The van der Waals surface area contributed by atoms with E-state index in [0.717, 1.165) is 30.7 Å². The first-order chi connectivity index (χ1) is 9.56. The smallest absolute Gasteiger partial charge is 0.178 e. The van der Waals surface area contributed by atoms with E-state index in [-0.39, 0.29) is 5.82 Å². The number of benzene rings is 1. The predicted molar refractivity (Wildman–Crippen MR) is 85.0 cm³/mol. The van der Waals surface area contributed by atoms with Crippen LogP contribution in [0, 0.1) is 10.6 Å². The number of imidazole rings is 1. The zero-order valence-electron chi connectivity index (χ0n) is 11.3. The zero-order chi connectivity index (χ0) is 14.3. The summed E-state index contributed by atoms with van der Waals surface area (Å²) in [5.41, 5.74) is 1.71. The Balaban J connectivity index is 1.96. The molecule has 1 atom stereocenters. The third kappa shape index (κ3) is 2.56. The summed E-state index contributed by atoms with van der Waals surface area (Å²) in [5, 5.41) is 0. The van der Waals surface area contributed by atoms with E-state index >= 15 is 0 Å². The predicted octanol–water partition coefficient (Wildman–Crippen LogP) is 4.08. The highest BCUT2D eigenvalue weighted by Crippen LogP contribution is 2.24. The van der Waals surface area contributed by atoms with Crippen molar-refractivity contribution in [1.82, 2.24) is 14.5 Å². The second-order valence-electron chi connectivity index (χ2n) is 5.42. The molecule has 1 unspecified atom stereocenters. The molecule has 1 aromatic heterocycles. The van der Waals surface area contributed by atoms with E-state index in [1.807, 2.05) is 4.57 Å². The van der Waals surface area contributed by atoms with Gasteiger partial charge < -0.3 is 9.55 Å². The van der Waals surface area contributed by atoms with Gasteiger partial charge in [-0.3, -0.25) is 4.90 Å². The topological polar surface area (TPSA) is 24.0 Å². The number of nitrogens with zero attached hydrogens (tertiary/aromatic N) is 2. The lowest BCUT2D eigenvalue weighted by Crippen LogP contribution is -2.33. The highest BCUT2D eigenvalue weighted by Gasteiger charge is 2.19. The maximum Gasteiger partial charge on any atom is 0.178 e. The van der Waals surface area contributed by atoms with Gasteiger partial charge in [-0.1, -0.05) is 0 Å². The average molecular weight is 358 g/mol. The van der Waals surface area contributed by atoms with Gasteiger partial charge in [0.25, 0.3) is 0 Å². The van der Waals surface area contributed by atoms with E-state index in [1.165, 1.54) is 12.8 Å². The number of hydrogen-bond donors (Lipinski definition) is 1. The molecule has 1 aliphatic rings. The molecule has 20 heavy (non-hydrogen) atoms. The van der Waals surface area contributed by atoms with Crippen molar-refractivity contribution in [3.05, 3.63) is 27.2 Å². The van der Waals surface area contributed by atoms with Crippen LogP contribution in [-0.2, 0) is 6.54 Å². The highest BCUT2D eigenvalue weighted by molar-refractivity contribution is 9.10. The summed E-state index contributed by atoms with van der Waals surface area (Å²) in [6.07, 6.45) is 2.54. The van der Waals surface area contributed by atoms with Gasteiger partial charge in [-0.2, -0.15) is 0 Å². The molecule has 1 aliphatic heterocycles. The average Bonchev–Trinajstić information content (AvgIpc) is 3.01. The summed E-state index contributed by atoms with van der Waals surface area (Å²) in [5.74, 6) is -0.255. The Hall–Kier alpha value is -0.720. The minimum atomic E-state index is -0.255. The third-order valence-electron chi connectivity index (χ3n) is 4.03. The number of halogens is 2. The summed E-state index contributed by atoms with van der Waals surface area (Å²) in [6, 6.07) is 3.70. The van der Waals surface area contributed by atoms with Crippen LogP contribution in [0.5, 0.6) is 0 Å². The van der Waals surface area contributed by atoms with Gasteiger partial charge in [0.2, 0.25) is 0 Å². The molecule has 0 bridgehead atoms. The van der Waals surface area contributed by atoms with Crippen LogP contribution in [0.4, 0.5) is 4.39 Å². The van der Waals surface area contributed by atoms with Crippen molar-refractivity contribution in [3.63, 3.8) is 0 Å². The van der Waals surface area contributed by atoms with Crippen LogP contribution in [0.1, 0.15) is 19.8 Å². The number of nitrogens with one attached hydrogen (secondary N) is 1. The Morgan fingerprint density at radius 3 is 2.80 bits per heavy atom. The molecule has 1 saturated heterocycles. The molecule has 0 spiro atoms. The fraction of sp³-hybridized carbons (Fsp3) is 0.500. The normalized spacial score (nSPS) is 17.9. The van der Waals surface area contributed by atoms with E-state index in [9.17, 15) is 4.39 Å². The molecule has 1 aromatic carbocycles. The Morgan fingerprint density at radius 1 is 1.40 bits per heavy atom. The lowest BCUT2D eigenvalue weighted by Gasteiger charge is -2.24. The molecule has 1 fully saturated rings. The monoisotopic (exact) mass is 357 g/mol. The van der Waals surface area contributed by atoms with Crippen molar-refractivity contribution in [1.29, 1.82) is 0 Å². The molecule has 3 nitrogen and oxygen atoms in total. The standard InChI is InChI=1S/C14H17BrFN3S/c1-9(18-4-2-3-5-18)8-19-13-7-11(16)10(15)6-12(13)17-14(19)20/h6-7,9H,2-5,8H2,1H3,(H,17,20). The third-order valence-corrected chi connectivity index (χ3v) is 4.96. The van der Waals surface area contributed by atoms with Crippen LogP contribution < -0.4 is 0 Å².